The van der Waals surface area contributed by atoms with Gasteiger partial charge in [-0.25, -0.2) is 0 Å². The summed E-state index contributed by atoms with van der Waals surface area (Å²) in [6.07, 6.45) is -4.18. The van der Waals surface area contributed by atoms with Gasteiger partial charge in [-0.15, -0.1) is 0 Å². The first-order valence-electron chi connectivity index (χ1n) is 7.66. The summed E-state index contributed by atoms with van der Waals surface area (Å²) in [5.41, 5.74) is -4.23. The van der Waals surface area contributed by atoms with Crippen LogP contribution in [0.3, 0.4) is 0 Å². The second-order valence-electron chi connectivity index (χ2n) is 7.76. The third-order valence-electron chi connectivity index (χ3n) is 4.90. The fourth-order valence-corrected chi connectivity index (χ4v) is 3.50. The van der Waals surface area contributed by atoms with Crippen molar-refractivity contribution in [2.45, 2.75) is 75.7 Å². The summed E-state index contributed by atoms with van der Waals surface area (Å²) in [6, 6.07) is 0. The number of carbonyl (C=O) groups is 2. The second-order valence-corrected chi connectivity index (χ2v) is 7.76. The van der Waals surface area contributed by atoms with Gasteiger partial charge in [0.1, 0.15) is 17.8 Å². The molecule has 7 nitrogen and oxygen atoms in total. The molecule has 0 amide bonds. The maximum Gasteiger partial charge on any atom is 0.232 e. The molecule has 0 saturated carbocycles. The van der Waals surface area contributed by atoms with Crippen LogP contribution in [0.5, 0.6) is 0 Å². The van der Waals surface area contributed by atoms with E-state index in [9.17, 15) is 24.9 Å². The molecule has 3 rings (SSSR count). The van der Waals surface area contributed by atoms with E-state index in [-0.39, 0.29) is 24.2 Å². The van der Waals surface area contributed by atoms with Crippen LogP contribution >= 0.6 is 0 Å². The van der Waals surface area contributed by atoms with E-state index in [4.69, 9.17) is 9.47 Å². The zero-order valence-electron chi connectivity index (χ0n) is 13.6. The minimum absolute atomic E-state index is 0.0212. The molecule has 0 aromatic heterocycles. The van der Waals surface area contributed by atoms with E-state index in [0.29, 0.717) is 0 Å². The van der Waals surface area contributed by atoms with Crippen molar-refractivity contribution >= 4 is 11.6 Å². The van der Waals surface area contributed by atoms with Gasteiger partial charge in [0.05, 0.1) is 23.7 Å². The van der Waals surface area contributed by atoms with E-state index in [2.05, 4.69) is 0 Å². The van der Waals surface area contributed by atoms with Crippen LogP contribution < -0.4 is 0 Å². The summed E-state index contributed by atoms with van der Waals surface area (Å²) in [6.45, 7) is 6.50. The van der Waals surface area contributed by atoms with E-state index in [1.165, 1.54) is 0 Å². The van der Waals surface area contributed by atoms with Crippen LogP contribution in [0.25, 0.3) is 0 Å². The summed E-state index contributed by atoms with van der Waals surface area (Å²) in [5, 5.41) is 31.5. The molecule has 0 aromatic carbocycles. The number of aliphatic hydroxyl groups is 3. The number of aliphatic hydroxyl groups excluding tert-OH is 2. The highest BCUT2D eigenvalue weighted by molar-refractivity contribution is 6.12. The van der Waals surface area contributed by atoms with Crippen molar-refractivity contribution in [2.75, 3.05) is 0 Å². The molecule has 1 aliphatic carbocycles. The van der Waals surface area contributed by atoms with E-state index >= 15 is 0 Å². The van der Waals surface area contributed by atoms with Crippen molar-refractivity contribution in [3.8, 4) is 0 Å². The minimum atomic E-state index is -2.12. The number of ether oxygens (including phenoxy) is 2. The molecule has 0 aromatic rings. The van der Waals surface area contributed by atoms with E-state index in [1.54, 1.807) is 27.7 Å². The van der Waals surface area contributed by atoms with Crippen LogP contribution in [-0.4, -0.2) is 62.0 Å². The smallest absolute Gasteiger partial charge is 0.232 e. The van der Waals surface area contributed by atoms with Crippen molar-refractivity contribution in [1.82, 2.24) is 0 Å². The quantitative estimate of drug-likeness (QED) is 0.555. The number of hydrogen-bond acceptors (Lipinski definition) is 7. The average molecular weight is 326 g/mol. The largest absolute Gasteiger partial charge is 0.483 e. The third kappa shape index (κ3) is 2.26. The van der Waals surface area contributed by atoms with E-state index in [1.807, 2.05) is 0 Å². The SMILES string of the molecule is CC1(C)CC(=O)C2=C(O1)C(=O)[C@@]1(O)C[C@@H](O)C(C)(C)O[C@H]1[C@@H]2O. The summed E-state index contributed by atoms with van der Waals surface area (Å²) < 4.78 is 11.2. The van der Waals surface area contributed by atoms with Crippen LogP contribution in [0, 0.1) is 0 Å². The maximum absolute atomic E-state index is 12.8. The summed E-state index contributed by atoms with van der Waals surface area (Å²) in [5.74, 6) is -1.53. The fourth-order valence-electron chi connectivity index (χ4n) is 3.50. The number of hydrogen-bond donors (Lipinski definition) is 3. The van der Waals surface area contributed by atoms with Gasteiger partial charge < -0.3 is 24.8 Å². The summed E-state index contributed by atoms with van der Waals surface area (Å²) in [4.78, 5) is 25.1. The van der Waals surface area contributed by atoms with Crippen molar-refractivity contribution in [1.29, 1.82) is 0 Å². The van der Waals surface area contributed by atoms with Gasteiger partial charge in [-0.05, 0) is 27.7 Å². The first-order valence-corrected chi connectivity index (χ1v) is 7.66. The first kappa shape index (κ1) is 16.6. The van der Waals surface area contributed by atoms with Gasteiger partial charge >= 0.3 is 0 Å². The molecule has 2 heterocycles. The Bertz CT molecular complexity index is 618. The van der Waals surface area contributed by atoms with Crippen LogP contribution in [0.4, 0.5) is 0 Å². The predicted molar refractivity (Wildman–Crippen MR) is 77.4 cm³/mol. The maximum atomic E-state index is 12.8. The summed E-state index contributed by atoms with van der Waals surface area (Å²) in [7, 11) is 0. The Kier molecular flexibility index (Phi) is 3.34. The monoisotopic (exact) mass is 326 g/mol. The molecular formula is C16H22O7. The van der Waals surface area contributed by atoms with Gasteiger partial charge in [-0.1, -0.05) is 0 Å². The number of ketones is 2. The lowest BCUT2D eigenvalue weighted by Gasteiger charge is -2.53. The van der Waals surface area contributed by atoms with Crippen LogP contribution in [0.15, 0.2) is 11.3 Å². The molecule has 0 unspecified atom stereocenters. The van der Waals surface area contributed by atoms with Crippen molar-refractivity contribution in [3.63, 3.8) is 0 Å². The van der Waals surface area contributed by atoms with Crippen molar-refractivity contribution in [2.24, 2.45) is 0 Å². The lowest BCUT2D eigenvalue weighted by Crippen LogP contribution is -2.70. The van der Waals surface area contributed by atoms with E-state index < -0.39 is 46.7 Å². The molecule has 0 radical (unpaired) electrons. The molecule has 7 heteroatoms. The number of rotatable bonds is 0. The molecule has 4 atom stereocenters. The van der Waals surface area contributed by atoms with Gasteiger partial charge in [-0.3, -0.25) is 9.59 Å². The zero-order chi connectivity index (χ0) is 17.4. The van der Waals surface area contributed by atoms with Crippen molar-refractivity contribution < 1.29 is 34.4 Å². The van der Waals surface area contributed by atoms with Crippen LogP contribution in [0.2, 0.25) is 0 Å². The number of Topliss-reactive ketones (excluding diaryl/α,β-unsaturated/α-hetero) is 2. The molecule has 23 heavy (non-hydrogen) atoms. The topological polar surface area (TPSA) is 113 Å². The predicted octanol–water partition coefficient (Wildman–Crippen LogP) is -0.388. The lowest BCUT2D eigenvalue weighted by molar-refractivity contribution is -0.264. The van der Waals surface area contributed by atoms with Gasteiger partial charge in [-0.2, -0.15) is 0 Å². The normalized spacial score (nSPS) is 42.0. The highest BCUT2D eigenvalue weighted by atomic mass is 16.6. The van der Waals surface area contributed by atoms with Gasteiger partial charge in [0, 0.05) is 6.42 Å². The molecular weight excluding hydrogens is 304 g/mol. The third-order valence-corrected chi connectivity index (χ3v) is 4.90. The Morgan fingerprint density at radius 2 is 1.74 bits per heavy atom. The molecule has 2 aliphatic heterocycles. The van der Waals surface area contributed by atoms with Crippen LogP contribution in [-0.2, 0) is 19.1 Å². The Hall–Kier alpha value is -1.28. The number of fused-ring (bicyclic) bond motifs is 1. The minimum Gasteiger partial charge on any atom is -0.483 e. The van der Waals surface area contributed by atoms with Crippen LogP contribution in [0.1, 0.15) is 40.5 Å². The molecule has 3 N–H and O–H groups in total. The molecule has 3 aliphatic rings. The van der Waals surface area contributed by atoms with Gasteiger partial charge in [0.15, 0.2) is 17.1 Å². The van der Waals surface area contributed by atoms with E-state index in [0.717, 1.165) is 0 Å². The highest BCUT2D eigenvalue weighted by Crippen LogP contribution is 2.46. The molecule has 128 valence electrons. The Labute approximate surface area is 133 Å². The zero-order valence-corrected chi connectivity index (χ0v) is 13.6. The fraction of sp³-hybridized carbons (Fsp3) is 0.750. The second kappa shape index (κ2) is 4.63. The molecule has 0 bridgehead atoms. The van der Waals surface area contributed by atoms with Crippen molar-refractivity contribution in [3.05, 3.63) is 11.3 Å². The lowest BCUT2D eigenvalue weighted by atomic mass is 9.69. The standard InChI is InChI=1S/C16H22O7/c1-14(2)5-7(17)9-10(19)13-16(21,12(20)11(9)22-14)6-8(18)15(3,4)23-13/h8,10,13,18-19,21H,5-6H2,1-4H3/t8-,10-,13+,16+/m1/s1. The first-order chi connectivity index (χ1) is 10.4. The average Bonchev–Trinajstić information content (AvgIpc) is 2.38. The Morgan fingerprint density at radius 3 is 2.35 bits per heavy atom. The Morgan fingerprint density at radius 1 is 1.13 bits per heavy atom. The summed E-state index contributed by atoms with van der Waals surface area (Å²) >= 11 is 0. The van der Waals surface area contributed by atoms with Gasteiger partial charge in [0.2, 0.25) is 5.78 Å². The molecule has 0 spiro atoms. The number of carbonyl (C=O) groups excluding carboxylic acids is 2. The van der Waals surface area contributed by atoms with Gasteiger partial charge in [0.25, 0.3) is 0 Å². The molecule has 1 saturated heterocycles. The Balaban J connectivity index is 2.12. The molecule has 1 fully saturated rings. The highest BCUT2D eigenvalue weighted by Gasteiger charge is 2.63.